The maximum absolute atomic E-state index is 8.90. The fourth-order valence-corrected chi connectivity index (χ4v) is 6.14. The second-order valence-corrected chi connectivity index (χ2v) is 11.8. The molecule has 0 bridgehead atoms. The summed E-state index contributed by atoms with van der Waals surface area (Å²) in [7, 11) is 0. The van der Waals surface area contributed by atoms with Crippen molar-refractivity contribution in [3.63, 3.8) is 0 Å². The minimum Gasteiger partial charge on any atom is -0.396 e. The lowest BCUT2D eigenvalue weighted by Gasteiger charge is -2.42. The van der Waals surface area contributed by atoms with E-state index in [-0.39, 0.29) is 10.8 Å². The molecule has 0 amide bonds. The van der Waals surface area contributed by atoms with Crippen molar-refractivity contribution in [2.24, 2.45) is 0 Å². The first kappa shape index (κ1) is 23.7. The summed E-state index contributed by atoms with van der Waals surface area (Å²) in [5.74, 6) is 0. The molecule has 0 radical (unpaired) electrons. The molecule has 1 fully saturated rings. The Morgan fingerprint density at radius 2 is 1.59 bits per heavy atom. The Hall–Kier alpha value is -1.43. The summed E-state index contributed by atoms with van der Waals surface area (Å²) in [5.41, 5.74) is 5.90. The number of anilines is 1. The van der Waals surface area contributed by atoms with Crippen LogP contribution in [-0.4, -0.2) is 54.3 Å². The van der Waals surface area contributed by atoms with Crippen LogP contribution in [-0.2, 0) is 10.8 Å². The van der Waals surface area contributed by atoms with Gasteiger partial charge in [-0.05, 0) is 60.3 Å². The second-order valence-electron chi connectivity index (χ2n) is 11.0. The van der Waals surface area contributed by atoms with E-state index in [2.05, 4.69) is 61.1 Å². The number of thiazole rings is 1. The topological polar surface area (TPSA) is 39.6 Å². The lowest BCUT2D eigenvalue weighted by molar-refractivity contribution is 0.247. The van der Waals surface area contributed by atoms with Crippen molar-refractivity contribution >= 4 is 16.5 Å². The van der Waals surface area contributed by atoms with Crippen molar-refractivity contribution < 1.29 is 5.11 Å². The molecule has 5 heteroatoms. The Morgan fingerprint density at radius 3 is 2.31 bits per heavy atom. The highest BCUT2D eigenvalue weighted by Gasteiger charge is 2.37. The molecule has 4 nitrogen and oxygen atoms in total. The van der Waals surface area contributed by atoms with E-state index in [1.807, 2.05) is 0 Å². The molecule has 1 aliphatic heterocycles. The monoisotopic (exact) mass is 455 g/mol. The minimum absolute atomic E-state index is 0.230. The summed E-state index contributed by atoms with van der Waals surface area (Å²) in [6, 6.07) is 7.07. The summed E-state index contributed by atoms with van der Waals surface area (Å²) < 4.78 is 0. The Labute approximate surface area is 198 Å². The van der Waals surface area contributed by atoms with Crippen molar-refractivity contribution in [1.29, 1.82) is 0 Å². The Kier molecular flexibility index (Phi) is 7.28. The van der Waals surface area contributed by atoms with Crippen molar-refractivity contribution in [3.8, 4) is 11.3 Å². The molecule has 1 N–H and O–H groups in total. The summed E-state index contributed by atoms with van der Waals surface area (Å²) in [6.45, 7) is 15.4. The van der Waals surface area contributed by atoms with Crippen LogP contribution in [0.1, 0.15) is 77.3 Å². The van der Waals surface area contributed by atoms with E-state index in [1.54, 1.807) is 11.3 Å². The standard InChI is InChI=1S/C27H41N3OS/c1-26(2)11-12-27(3,4)23-19-21(9-10-22(23)26)24-20-32-25(28-24)30-16-14-29(15-17-30)13-7-5-6-8-18-31/h9-10,19-20,31H,5-8,11-18H2,1-4H3. The number of unbranched alkanes of at least 4 members (excludes halogenated alkanes) is 3. The fraction of sp³-hybridized carbons (Fsp3) is 0.667. The SMILES string of the molecule is CC1(C)CCC(C)(C)c2cc(-c3csc(N4CCN(CCCCCCO)CC4)n3)ccc21. The highest BCUT2D eigenvalue weighted by molar-refractivity contribution is 7.14. The van der Waals surface area contributed by atoms with Gasteiger partial charge in [-0.25, -0.2) is 4.98 Å². The van der Waals surface area contributed by atoms with Gasteiger partial charge in [-0.15, -0.1) is 11.3 Å². The first-order chi connectivity index (χ1) is 15.3. The zero-order chi connectivity index (χ0) is 22.8. The quantitative estimate of drug-likeness (QED) is 0.508. The predicted octanol–water partition coefficient (Wildman–Crippen LogP) is 5.83. The van der Waals surface area contributed by atoms with Crippen LogP contribution >= 0.6 is 11.3 Å². The van der Waals surface area contributed by atoms with Gasteiger partial charge in [0.1, 0.15) is 0 Å². The summed E-state index contributed by atoms with van der Waals surface area (Å²) >= 11 is 1.79. The molecule has 32 heavy (non-hydrogen) atoms. The number of hydrogen-bond donors (Lipinski definition) is 1. The third-order valence-electron chi connectivity index (χ3n) is 7.67. The van der Waals surface area contributed by atoms with Gasteiger partial charge in [0.05, 0.1) is 5.69 Å². The molecule has 2 aliphatic rings. The van der Waals surface area contributed by atoms with Gasteiger partial charge in [-0.1, -0.05) is 52.7 Å². The predicted molar refractivity (Wildman–Crippen MR) is 137 cm³/mol. The van der Waals surface area contributed by atoms with Gasteiger partial charge in [0.2, 0.25) is 0 Å². The first-order valence-electron chi connectivity index (χ1n) is 12.5. The number of aliphatic hydroxyl groups excluding tert-OH is 1. The van der Waals surface area contributed by atoms with Crippen molar-refractivity contribution in [2.75, 3.05) is 44.2 Å². The normalized spacial score (nSPS) is 20.3. The average molecular weight is 456 g/mol. The van der Waals surface area contributed by atoms with Crippen LogP contribution in [0.3, 0.4) is 0 Å². The number of rotatable bonds is 8. The molecule has 176 valence electrons. The molecule has 1 aromatic heterocycles. The largest absolute Gasteiger partial charge is 0.396 e. The smallest absolute Gasteiger partial charge is 0.185 e. The van der Waals surface area contributed by atoms with Crippen LogP contribution in [0.25, 0.3) is 11.3 Å². The molecule has 0 unspecified atom stereocenters. The number of hydrogen-bond acceptors (Lipinski definition) is 5. The second kappa shape index (κ2) is 9.82. The van der Waals surface area contributed by atoms with Crippen LogP contribution in [0.15, 0.2) is 23.6 Å². The van der Waals surface area contributed by atoms with E-state index in [0.717, 1.165) is 44.7 Å². The molecule has 2 aromatic rings. The molecule has 2 heterocycles. The fourth-order valence-electron chi connectivity index (χ4n) is 5.25. The number of aliphatic hydroxyl groups is 1. The van der Waals surface area contributed by atoms with Gasteiger partial charge < -0.3 is 10.0 Å². The Bertz CT molecular complexity index is 896. The average Bonchev–Trinajstić information content (AvgIpc) is 3.27. The number of piperazine rings is 1. The van der Waals surface area contributed by atoms with Crippen LogP contribution in [0.5, 0.6) is 0 Å². The van der Waals surface area contributed by atoms with Crippen LogP contribution in [0.2, 0.25) is 0 Å². The zero-order valence-electron chi connectivity index (χ0n) is 20.5. The maximum atomic E-state index is 8.90. The summed E-state index contributed by atoms with van der Waals surface area (Å²) in [6.07, 6.45) is 7.06. The molecule has 4 rings (SSSR count). The molecule has 0 atom stereocenters. The number of fused-ring (bicyclic) bond motifs is 1. The van der Waals surface area contributed by atoms with Crippen molar-refractivity contribution in [2.45, 2.75) is 77.0 Å². The lowest BCUT2D eigenvalue weighted by Crippen LogP contribution is -2.46. The van der Waals surface area contributed by atoms with Crippen LogP contribution in [0.4, 0.5) is 5.13 Å². The van der Waals surface area contributed by atoms with Gasteiger partial charge in [0.15, 0.2) is 5.13 Å². The van der Waals surface area contributed by atoms with Crippen molar-refractivity contribution in [1.82, 2.24) is 9.88 Å². The molecular weight excluding hydrogens is 414 g/mol. The Morgan fingerprint density at radius 1 is 0.906 bits per heavy atom. The Balaban J connectivity index is 1.39. The van der Waals surface area contributed by atoms with E-state index in [9.17, 15) is 0 Å². The summed E-state index contributed by atoms with van der Waals surface area (Å²) in [5, 5.41) is 12.3. The molecule has 1 aromatic carbocycles. The molecule has 1 aliphatic carbocycles. The van der Waals surface area contributed by atoms with E-state index in [0.29, 0.717) is 6.61 Å². The first-order valence-corrected chi connectivity index (χ1v) is 13.4. The number of aromatic nitrogens is 1. The van der Waals surface area contributed by atoms with E-state index >= 15 is 0 Å². The van der Waals surface area contributed by atoms with Gasteiger partial charge >= 0.3 is 0 Å². The van der Waals surface area contributed by atoms with Crippen LogP contribution in [0, 0.1) is 0 Å². The lowest BCUT2D eigenvalue weighted by atomic mass is 9.63. The third kappa shape index (κ3) is 5.21. The molecule has 1 saturated heterocycles. The van der Waals surface area contributed by atoms with Gasteiger partial charge in [-0.3, -0.25) is 4.90 Å². The minimum atomic E-state index is 0.230. The molecular formula is C27H41N3OS. The third-order valence-corrected chi connectivity index (χ3v) is 8.57. The highest BCUT2D eigenvalue weighted by Crippen LogP contribution is 2.46. The van der Waals surface area contributed by atoms with Gasteiger partial charge in [0, 0.05) is 43.7 Å². The molecule has 0 saturated carbocycles. The molecule has 0 spiro atoms. The van der Waals surface area contributed by atoms with Gasteiger partial charge in [-0.2, -0.15) is 0 Å². The van der Waals surface area contributed by atoms with E-state index < -0.39 is 0 Å². The number of benzene rings is 1. The van der Waals surface area contributed by atoms with E-state index in [1.165, 1.54) is 54.0 Å². The van der Waals surface area contributed by atoms with Gasteiger partial charge in [0.25, 0.3) is 0 Å². The van der Waals surface area contributed by atoms with Crippen molar-refractivity contribution in [3.05, 3.63) is 34.7 Å². The van der Waals surface area contributed by atoms with E-state index in [4.69, 9.17) is 10.1 Å². The van der Waals surface area contributed by atoms with Crippen LogP contribution < -0.4 is 4.90 Å². The number of nitrogens with zero attached hydrogens (tertiary/aromatic N) is 3. The zero-order valence-corrected chi connectivity index (χ0v) is 21.3. The highest BCUT2D eigenvalue weighted by atomic mass is 32.1. The summed E-state index contributed by atoms with van der Waals surface area (Å²) in [4.78, 5) is 10.1. The maximum Gasteiger partial charge on any atom is 0.185 e.